The van der Waals surface area contributed by atoms with Crippen molar-refractivity contribution >= 4 is 5.91 Å². The Kier molecular flexibility index (Phi) is 5.72. The summed E-state index contributed by atoms with van der Waals surface area (Å²) < 4.78 is 5.02. The van der Waals surface area contributed by atoms with E-state index < -0.39 is 6.10 Å². The van der Waals surface area contributed by atoms with Gasteiger partial charge in [0.05, 0.1) is 6.04 Å². The number of carbonyl (C=O) groups is 1. The molecule has 0 bridgehead atoms. The lowest BCUT2D eigenvalue weighted by molar-refractivity contribution is -0.131. The third-order valence-corrected chi connectivity index (χ3v) is 3.43. The summed E-state index contributed by atoms with van der Waals surface area (Å²) in [6, 6.07) is 8.25. The molecule has 1 aromatic rings. The standard InChI is InChI=1S/C16H26N2O2/c1-11(18-15(19)14(10-17)20-5)12-6-8-13(9-7-12)16(2,3)4/h6-9,11,14H,10,17H2,1-5H3,(H,18,19). The van der Waals surface area contributed by atoms with Crippen molar-refractivity contribution in [2.75, 3.05) is 13.7 Å². The lowest BCUT2D eigenvalue weighted by Gasteiger charge is -2.21. The van der Waals surface area contributed by atoms with E-state index in [0.29, 0.717) is 0 Å². The quantitative estimate of drug-likeness (QED) is 0.867. The number of carbonyl (C=O) groups excluding carboxylic acids is 1. The van der Waals surface area contributed by atoms with E-state index in [2.05, 4.69) is 50.4 Å². The molecule has 0 spiro atoms. The van der Waals surface area contributed by atoms with Gasteiger partial charge in [0, 0.05) is 13.7 Å². The molecule has 0 heterocycles. The molecule has 0 aliphatic heterocycles. The lowest BCUT2D eigenvalue weighted by Crippen LogP contribution is -2.41. The summed E-state index contributed by atoms with van der Waals surface area (Å²) >= 11 is 0. The van der Waals surface area contributed by atoms with Gasteiger partial charge in [-0.1, -0.05) is 45.0 Å². The highest BCUT2D eigenvalue weighted by molar-refractivity contribution is 5.81. The maximum Gasteiger partial charge on any atom is 0.250 e. The Morgan fingerprint density at radius 3 is 2.25 bits per heavy atom. The normalized spacial score (nSPS) is 14.7. The summed E-state index contributed by atoms with van der Waals surface area (Å²) in [4.78, 5) is 11.9. The fraction of sp³-hybridized carbons (Fsp3) is 0.562. The Morgan fingerprint density at radius 2 is 1.85 bits per heavy atom. The zero-order valence-corrected chi connectivity index (χ0v) is 13.1. The zero-order chi connectivity index (χ0) is 15.3. The maximum atomic E-state index is 11.9. The summed E-state index contributed by atoms with van der Waals surface area (Å²) in [5, 5.41) is 2.91. The molecule has 0 radical (unpaired) electrons. The third kappa shape index (κ3) is 4.32. The van der Waals surface area contributed by atoms with Crippen LogP contribution in [0.25, 0.3) is 0 Å². The van der Waals surface area contributed by atoms with Gasteiger partial charge < -0.3 is 15.8 Å². The Labute approximate surface area is 121 Å². The fourth-order valence-corrected chi connectivity index (χ4v) is 1.97. The van der Waals surface area contributed by atoms with Gasteiger partial charge >= 0.3 is 0 Å². The highest BCUT2D eigenvalue weighted by Gasteiger charge is 2.19. The van der Waals surface area contributed by atoms with Gasteiger partial charge in [0.2, 0.25) is 0 Å². The Hall–Kier alpha value is -1.39. The highest BCUT2D eigenvalue weighted by atomic mass is 16.5. The molecule has 1 amide bonds. The van der Waals surface area contributed by atoms with Crippen molar-refractivity contribution in [2.45, 2.75) is 45.3 Å². The number of rotatable bonds is 5. The van der Waals surface area contributed by atoms with Crippen LogP contribution in [0.15, 0.2) is 24.3 Å². The van der Waals surface area contributed by atoms with Crippen molar-refractivity contribution in [2.24, 2.45) is 5.73 Å². The van der Waals surface area contributed by atoms with Gasteiger partial charge in [0.25, 0.3) is 5.91 Å². The number of nitrogens with one attached hydrogen (secondary N) is 1. The predicted octanol–water partition coefficient (Wildman–Crippen LogP) is 2.14. The van der Waals surface area contributed by atoms with Crippen molar-refractivity contribution in [3.8, 4) is 0 Å². The molecule has 0 aliphatic rings. The van der Waals surface area contributed by atoms with Crippen LogP contribution in [0.4, 0.5) is 0 Å². The SMILES string of the molecule is COC(CN)C(=O)NC(C)c1ccc(C(C)(C)C)cc1. The molecule has 20 heavy (non-hydrogen) atoms. The first-order valence-electron chi connectivity index (χ1n) is 6.93. The molecule has 0 saturated carbocycles. The van der Waals surface area contributed by atoms with Crippen LogP contribution in [0.2, 0.25) is 0 Å². The van der Waals surface area contributed by atoms with Gasteiger partial charge in [-0.05, 0) is 23.5 Å². The van der Waals surface area contributed by atoms with E-state index in [1.807, 2.05) is 6.92 Å². The molecule has 2 unspecified atom stereocenters. The first-order chi connectivity index (χ1) is 9.29. The second-order valence-electron chi connectivity index (χ2n) is 6.06. The third-order valence-electron chi connectivity index (χ3n) is 3.43. The molecule has 0 aromatic heterocycles. The number of methoxy groups -OCH3 is 1. The van der Waals surface area contributed by atoms with Crippen LogP contribution in [-0.2, 0) is 14.9 Å². The van der Waals surface area contributed by atoms with Crippen LogP contribution in [0, 0.1) is 0 Å². The monoisotopic (exact) mass is 278 g/mol. The summed E-state index contributed by atoms with van der Waals surface area (Å²) in [5.41, 5.74) is 7.95. The Balaban J connectivity index is 2.73. The Bertz CT molecular complexity index is 431. The molecule has 1 aromatic carbocycles. The first kappa shape index (κ1) is 16.7. The van der Waals surface area contributed by atoms with Crippen LogP contribution >= 0.6 is 0 Å². The molecular formula is C16H26N2O2. The minimum absolute atomic E-state index is 0.0688. The van der Waals surface area contributed by atoms with Crippen LogP contribution < -0.4 is 11.1 Å². The van der Waals surface area contributed by atoms with Crippen LogP contribution in [0.1, 0.15) is 44.9 Å². The fourth-order valence-electron chi connectivity index (χ4n) is 1.97. The number of amides is 1. The van der Waals surface area contributed by atoms with E-state index in [-0.39, 0.29) is 23.9 Å². The van der Waals surface area contributed by atoms with Gasteiger partial charge in [0.15, 0.2) is 0 Å². The van der Waals surface area contributed by atoms with Crippen molar-refractivity contribution in [1.82, 2.24) is 5.32 Å². The molecule has 4 nitrogen and oxygen atoms in total. The van der Waals surface area contributed by atoms with Gasteiger partial charge in [-0.3, -0.25) is 4.79 Å². The maximum absolute atomic E-state index is 11.9. The molecule has 3 N–H and O–H groups in total. The number of nitrogens with two attached hydrogens (primary N) is 1. The lowest BCUT2D eigenvalue weighted by atomic mass is 9.86. The van der Waals surface area contributed by atoms with Gasteiger partial charge in [-0.25, -0.2) is 0 Å². The van der Waals surface area contributed by atoms with E-state index in [9.17, 15) is 4.79 Å². The summed E-state index contributed by atoms with van der Waals surface area (Å²) in [5.74, 6) is -0.178. The van der Waals surface area contributed by atoms with E-state index in [4.69, 9.17) is 10.5 Å². The van der Waals surface area contributed by atoms with Crippen molar-refractivity contribution in [3.63, 3.8) is 0 Å². The molecule has 0 fully saturated rings. The zero-order valence-electron chi connectivity index (χ0n) is 13.1. The van der Waals surface area contributed by atoms with Gasteiger partial charge in [0.1, 0.15) is 6.10 Å². The molecule has 0 aliphatic carbocycles. The van der Waals surface area contributed by atoms with Crippen LogP contribution in [-0.4, -0.2) is 25.7 Å². The van der Waals surface area contributed by atoms with E-state index in [0.717, 1.165) is 5.56 Å². The van der Waals surface area contributed by atoms with E-state index >= 15 is 0 Å². The summed E-state index contributed by atoms with van der Waals surface area (Å²) in [6.07, 6.45) is -0.591. The molecular weight excluding hydrogens is 252 g/mol. The highest BCUT2D eigenvalue weighted by Crippen LogP contribution is 2.23. The largest absolute Gasteiger partial charge is 0.370 e. The Morgan fingerprint density at radius 1 is 1.30 bits per heavy atom. The molecule has 1 rings (SSSR count). The van der Waals surface area contributed by atoms with Gasteiger partial charge in [-0.15, -0.1) is 0 Å². The predicted molar refractivity (Wildman–Crippen MR) is 81.6 cm³/mol. The first-order valence-corrected chi connectivity index (χ1v) is 6.93. The molecule has 0 saturated heterocycles. The second kappa shape index (κ2) is 6.86. The number of hydrogen-bond acceptors (Lipinski definition) is 3. The second-order valence-corrected chi connectivity index (χ2v) is 6.06. The minimum atomic E-state index is -0.591. The van der Waals surface area contributed by atoms with E-state index in [1.165, 1.54) is 12.7 Å². The van der Waals surface area contributed by atoms with Crippen LogP contribution in [0.3, 0.4) is 0 Å². The smallest absolute Gasteiger partial charge is 0.250 e. The van der Waals surface area contributed by atoms with Crippen molar-refractivity contribution < 1.29 is 9.53 Å². The van der Waals surface area contributed by atoms with Gasteiger partial charge in [-0.2, -0.15) is 0 Å². The topological polar surface area (TPSA) is 64.3 Å². The summed E-state index contributed by atoms with van der Waals surface area (Å²) in [7, 11) is 1.49. The number of hydrogen-bond donors (Lipinski definition) is 2. The van der Waals surface area contributed by atoms with E-state index in [1.54, 1.807) is 0 Å². The molecule has 112 valence electrons. The van der Waals surface area contributed by atoms with Crippen LogP contribution in [0.5, 0.6) is 0 Å². The molecule has 2 atom stereocenters. The van der Waals surface area contributed by atoms with Crippen molar-refractivity contribution in [3.05, 3.63) is 35.4 Å². The number of ether oxygens (including phenoxy) is 1. The summed E-state index contributed by atoms with van der Waals surface area (Å²) in [6.45, 7) is 8.66. The average Bonchev–Trinajstić information content (AvgIpc) is 2.39. The van der Waals surface area contributed by atoms with Crippen molar-refractivity contribution in [1.29, 1.82) is 0 Å². The number of benzene rings is 1. The minimum Gasteiger partial charge on any atom is -0.370 e. The average molecular weight is 278 g/mol. The molecule has 4 heteroatoms.